The van der Waals surface area contributed by atoms with E-state index >= 15 is 0 Å². The number of thiophene rings is 1. The third-order valence-electron chi connectivity index (χ3n) is 3.28. The molecule has 3 aromatic rings. The first-order valence-electron chi connectivity index (χ1n) is 7.11. The van der Waals surface area contributed by atoms with Crippen molar-refractivity contribution in [1.82, 2.24) is 14.9 Å². The molecule has 0 aliphatic rings. The van der Waals surface area contributed by atoms with Crippen molar-refractivity contribution in [2.24, 2.45) is 0 Å². The van der Waals surface area contributed by atoms with Crippen LogP contribution in [0.5, 0.6) is 11.5 Å². The first kappa shape index (κ1) is 17.4. The van der Waals surface area contributed by atoms with Crippen molar-refractivity contribution in [1.29, 1.82) is 0 Å². The van der Waals surface area contributed by atoms with Crippen molar-refractivity contribution in [2.45, 2.75) is 11.4 Å². The lowest BCUT2D eigenvalue weighted by Crippen LogP contribution is -2.23. The number of benzene rings is 1. The van der Waals surface area contributed by atoms with Gasteiger partial charge in [0.1, 0.15) is 0 Å². The van der Waals surface area contributed by atoms with Gasteiger partial charge in [0.15, 0.2) is 11.5 Å². The van der Waals surface area contributed by atoms with E-state index in [0.717, 1.165) is 4.88 Å². The largest absolute Gasteiger partial charge is 0.493 e. The summed E-state index contributed by atoms with van der Waals surface area (Å²) in [5.41, 5.74) is 0. The summed E-state index contributed by atoms with van der Waals surface area (Å²) in [6.45, 7) is -0.116. The van der Waals surface area contributed by atoms with Crippen LogP contribution < -0.4 is 14.2 Å². The summed E-state index contributed by atoms with van der Waals surface area (Å²) in [4.78, 5) is 0.865. The van der Waals surface area contributed by atoms with Gasteiger partial charge in [-0.1, -0.05) is 6.07 Å². The highest BCUT2D eigenvalue weighted by molar-refractivity contribution is 7.89. The number of aromatic nitrogens is 2. The summed E-state index contributed by atoms with van der Waals surface area (Å²) >= 11 is 1.46. The molecule has 0 fully saturated rings. The second kappa shape index (κ2) is 7.21. The topological polar surface area (TPSA) is 104 Å². The molecule has 0 amide bonds. The Labute approximate surface area is 148 Å². The minimum Gasteiger partial charge on any atom is -0.493 e. The fraction of sp³-hybridized carbons (Fsp3) is 0.200. The molecule has 132 valence electrons. The molecule has 0 aliphatic heterocycles. The number of hydrogen-bond donors (Lipinski definition) is 1. The molecule has 2 aromatic heterocycles. The van der Waals surface area contributed by atoms with Crippen LogP contribution in [0.1, 0.15) is 5.89 Å². The Morgan fingerprint density at radius 2 is 1.96 bits per heavy atom. The number of nitrogens with zero attached hydrogens (tertiary/aromatic N) is 2. The van der Waals surface area contributed by atoms with E-state index in [9.17, 15) is 8.42 Å². The van der Waals surface area contributed by atoms with Gasteiger partial charge in [-0.05, 0) is 23.6 Å². The van der Waals surface area contributed by atoms with E-state index in [1.807, 2.05) is 17.5 Å². The predicted molar refractivity (Wildman–Crippen MR) is 91.2 cm³/mol. The van der Waals surface area contributed by atoms with Crippen LogP contribution in [0.4, 0.5) is 0 Å². The van der Waals surface area contributed by atoms with Crippen LogP contribution in [-0.2, 0) is 16.6 Å². The van der Waals surface area contributed by atoms with Crippen molar-refractivity contribution < 1.29 is 22.3 Å². The van der Waals surface area contributed by atoms with Crippen molar-refractivity contribution in [2.75, 3.05) is 14.2 Å². The van der Waals surface area contributed by atoms with Crippen LogP contribution in [0.15, 0.2) is 45.0 Å². The molecule has 1 aromatic carbocycles. The summed E-state index contributed by atoms with van der Waals surface area (Å²) in [6, 6.07) is 8.04. The molecular weight excluding hydrogens is 366 g/mol. The fourth-order valence-electron chi connectivity index (χ4n) is 2.05. The number of ether oxygens (including phenoxy) is 2. The molecule has 0 saturated carbocycles. The van der Waals surface area contributed by atoms with E-state index < -0.39 is 10.0 Å². The quantitative estimate of drug-likeness (QED) is 0.669. The number of nitrogens with one attached hydrogen (secondary N) is 1. The standard InChI is InChI=1S/C15H15N3O5S2/c1-21-11-6-5-10(8-12(11)22-2)25(19,20)16-9-14-17-18-15(23-14)13-4-3-7-24-13/h3-8,16H,9H2,1-2H3. The summed E-state index contributed by atoms with van der Waals surface area (Å²) in [5, 5.41) is 9.64. The van der Waals surface area contributed by atoms with Gasteiger partial charge >= 0.3 is 0 Å². The van der Waals surface area contributed by atoms with Crippen molar-refractivity contribution in [3.8, 4) is 22.3 Å². The molecule has 0 atom stereocenters. The smallest absolute Gasteiger partial charge is 0.257 e. The van der Waals surface area contributed by atoms with Gasteiger partial charge in [-0.15, -0.1) is 21.5 Å². The van der Waals surface area contributed by atoms with Crippen LogP contribution >= 0.6 is 11.3 Å². The average molecular weight is 381 g/mol. The highest BCUT2D eigenvalue weighted by Crippen LogP contribution is 2.29. The zero-order chi connectivity index (χ0) is 17.9. The van der Waals surface area contributed by atoms with Gasteiger partial charge in [0.05, 0.1) is 30.5 Å². The van der Waals surface area contributed by atoms with Gasteiger partial charge in [0.2, 0.25) is 15.9 Å². The van der Waals surface area contributed by atoms with Crippen molar-refractivity contribution in [3.05, 3.63) is 41.6 Å². The molecule has 0 saturated heterocycles. The maximum Gasteiger partial charge on any atom is 0.257 e. The Kier molecular flexibility index (Phi) is 5.02. The SMILES string of the molecule is COc1ccc(S(=O)(=O)NCc2nnc(-c3cccs3)o2)cc1OC. The molecule has 0 aliphatic carbocycles. The number of methoxy groups -OCH3 is 2. The van der Waals surface area contributed by atoms with Gasteiger partial charge in [0.25, 0.3) is 5.89 Å². The zero-order valence-electron chi connectivity index (χ0n) is 13.4. The Morgan fingerprint density at radius 1 is 1.16 bits per heavy atom. The second-order valence-corrected chi connectivity index (χ2v) is 7.53. The van der Waals surface area contributed by atoms with E-state index in [4.69, 9.17) is 13.9 Å². The maximum atomic E-state index is 12.4. The summed E-state index contributed by atoms with van der Waals surface area (Å²) in [6.07, 6.45) is 0. The predicted octanol–water partition coefficient (Wildman–Crippen LogP) is 2.29. The Morgan fingerprint density at radius 3 is 2.64 bits per heavy atom. The lowest BCUT2D eigenvalue weighted by atomic mass is 10.3. The van der Waals surface area contributed by atoms with Gasteiger partial charge in [-0.3, -0.25) is 0 Å². The van der Waals surface area contributed by atoms with Crippen molar-refractivity contribution in [3.63, 3.8) is 0 Å². The molecule has 0 radical (unpaired) electrons. The lowest BCUT2D eigenvalue weighted by Gasteiger charge is -2.10. The lowest BCUT2D eigenvalue weighted by molar-refractivity contribution is 0.354. The van der Waals surface area contributed by atoms with E-state index in [0.29, 0.717) is 17.4 Å². The highest BCUT2D eigenvalue weighted by atomic mass is 32.2. The van der Waals surface area contributed by atoms with E-state index in [1.54, 1.807) is 0 Å². The zero-order valence-corrected chi connectivity index (χ0v) is 15.1. The molecule has 8 nitrogen and oxygen atoms in total. The molecule has 0 unspecified atom stereocenters. The van der Waals surface area contributed by atoms with Crippen LogP contribution in [0.3, 0.4) is 0 Å². The molecule has 10 heteroatoms. The Balaban J connectivity index is 1.74. The molecule has 0 bridgehead atoms. The molecular formula is C15H15N3O5S2. The molecule has 1 N–H and O–H groups in total. The molecule has 2 heterocycles. The average Bonchev–Trinajstić information content (AvgIpc) is 3.30. The third kappa shape index (κ3) is 3.81. The van der Waals surface area contributed by atoms with E-state index in [-0.39, 0.29) is 17.3 Å². The Bertz CT molecular complexity index is 951. The van der Waals surface area contributed by atoms with Crippen molar-refractivity contribution >= 4 is 21.4 Å². The van der Waals surface area contributed by atoms with E-state index in [2.05, 4.69) is 14.9 Å². The van der Waals surface area contributed by atoms with Gasteiger partial charge in [0, 0.05) is 6.07 Å². The summed E-state index contributed by atoms with van der Waals surface area (Å²) in [5.74, 6) is 1.30. The highest BCUT2D eigenvalue weighted by Gasteiger charge is 2.18. The maximum absolute atomic E-state index is 12.4. The number of rotatable bonds is 7. The van der Waals surface area contributed by atoms with E-state index in [1.165, 1.54) is 43.8 Å². The fourth-order valence-corrected chi connectivity index (χ4v) is 3.68. The Hall–Kier alpha value is -2.43. The number of sulfonamides is 1. The molecule has 25 heavy (non-hydrogen) atoms. The third-order valence-corrected chi connectivity index (χ3v) is 5.53. The van der Waals surface area contributed by atoms with Gasteiger partial charge < -0.3 is 13.9 Å². The van der Waals surface area contributed by atoms with Gasteiger partial charge in [-0.25, -0.2) is 13.1 Å². The molecule has 0 spiro atoms. The first-order valence-corrected chi connectivity index (χ1v) is 9.47. The summed E-state index contributed by atoms with van der Waals surface area (Å²) in [7, 11) is -0.857. The van der Waals surface area contributed by atoms with Crippen LogP contribution in [-0.4, -0.2) is 32.8 Å². The minimum absolute atomic E-state index is 0.0446. The number of hydrogen-bond acceptors (Lipinski definition) is 8. The van der Waals surface area contributed by atoms with Crippen LogP contribution in [0.2, 0.25) is 0 Å². The minimum atomic E-state index is -3.77. The van der Waals surface area contributed by atoms with Crippen LogP contribution in [0, 0.1) is 0 Å². The monoisotopic (exact) mass is 381 g/mol. The van der Waals surface area contributed by atoms with Crippen LogP contribution in [0.25, 0.3) is 10.8 Å². The first-order chi connectivity index (χ1) is 12.0. The van der Waals surface area contributed by atoms with Gasteiger partial charge in [-0.2, -0.15) is 0 Å². The molecule has 3 rings (SSSR count). The normalized spacial score (nSPS) is 11.4. The second-order valence-electron chi connectivity index (χ2n) is 4.82. The summed E-state index contributed by atoms with van der Waals surface area (Å²) < 4.78 is 42.9.